The Morgan fingerprint density at radius 2 is 0.974 bits per heavy atom. The highest BCUT2D eigenvalue weighted by Gasteiger charge is 2.02. The predicted octanol–water partition coefficient (Wildman–Crippen LogP) is 2.00. The maximum Gasteiger partial charge on any atom is 0.303 e. The van der Waals surface area contributed by atoms with Crippen molar-refractivity contribution in [1.29, 1.82) is 0 Å². The van der Waals surface area contributed by atoms with Gasteiger partial charge in [0.15, 0.2) is 0 Å². The molecule has 6 N–H and O–H groups in total. The van der Waals surface area contributed by atoms with Crippen LogP contribution in [0.4, 0.5) is 0 Å². The molecule has 0 saturated heterocycles. The lowest BCUT2D eigenvalue weighted by Crippen LogP contribution is -2.10. The number of hydrogen-bond acceptors (Lipinski definition) is 6. The van der Waals surface area contributed by atoms with Crippen LogP contribution in [-0.2, 0) is 22.7 Å². The molecule has 2 heterocycles. The van der Waals surface area contributed by atoms with Crippen LogP contribution in [0.2, 0.25) is 0 Å². The molecule has 0 spiro atoms. The number of nitrogens with two attached hydrogens (primary N) is 2. The quantitative estimate of drug-likeness (QED) is 0.257. The Bertz CT molecular complexity index is 1200. The maximum atomic E-state index is 10.8. The van der Waals surface area contributed by atoms with Crippen LogP contribution in [0.25, 0.3) is 0 Å². The second-order valence-corrected chi connectivity index (χ2v) is 7.82. The van der Waals surface area contributed by atoms with Crippen molar-refractivity contribution in [2.75, 3.05) is 0 Å². The van der Waals surface area contributed by atoms with Gasteiger partial charge in [0.25, 0.3) is 0 Å². The minimum atomic E-state index is -1.08. The van der Waals surface area contributed by atoms with Gasteiger partial charge >= 0.3 is 11.9 Å². The summed E-state index contributed by atoms with van der Waals surface area (Å²) in [5.74, 6) is -2.96. The first-order valence-corrected chi connectivity index (χ1v) is 11.3. The van der Waals surface area contributed by atoms with Crippen LogP contribution in [0.1, 0.15) is 44.7 Å². The van der Waals surface area contributed by atoms with E-state index in [1.807, 2.05) is 58.2 Å². The van der Waals surface area contributed by atoms with E-state index in [2.05, 4.69) is 10.2 Å². The summed E-state index contributed by atoms with van der Waals surface area (Å²) in [6, 6.07) is 18.1. The van der Waals surface area contributed by atoms with Gasteiger partial charge < -0.3 is 21.7 Å². The van der Waals surface area contributed by atoms with Gasteiger partial charge in [-0.1, -0.05) is 24.3 Å². The zero-order valence-corrected chi connectivity index (χ0v) is 20.4. The van der Waals surface area contributed by atoms with Crippen LogP contribution >= 0.6 is 0 Å². The molecule has 0 saturated carbocycles. The van der Waals surface area contributed by atoms with Crippen molar-refractivity contribution in [3.05, 3.63) is 108 Å². The molecule has 198 valence electrons. The van der Waals surface area contributed by atoms with E-state index in [0.717, 1.165) is 11.1 Å². The molecule has 2 amide bonds. The van der Waals surface area contributed by atoms with Crippen LogP contribution in [0, 0.1) is 0 Å². The van der Waals surface area contributed by atoms with Crippen LogP contribution in [0.3, 0.4) is 0 Å². The highest BCUT2D eigenvalue weighted by molar-refractivity contribution is 5.93. The van der Waals surface area contributed by atoms with Gasteiger partial charge in [-0.2, -0.15) is 10.2 Å². The van der Waals surface area contributed by atoms with Gasteiger partial charge in [0.2, 0.25) is 11.8 Å². The minimum Gasteiger partial charge on any atom is -0.481 e. The highest BCUT2D eigenvalue weighted by atomic mass is 16.4. The van der Waals surface area contributed by atoms with E-state index in [1.54, 1.807) is 36.7 Å². The average molecular weight is 521 g/mol. The molecule has 12 nitrogen and oxygen atoms in total. The standard InChI is InChI=1S/2C11H11N3O.C4H6O4/c2*12-11(15)10-4-2-9(3-5-10)8-14-7-1-6-13-14;5-3(6)1-2-4(7)8/h2*1-7H,8H2,(H2,12,15);1-2H2,(H,5,6)(H,7,8). The highest BCUT2D eigenvalue weighted by Crippen LogP contribution is 2.06. The molecule has 4 aromatic rings. The fourth-order valence-electron chi connectivity index (χ4n) is 2.92. The number of aliphatic carboxylic acids is 2. The lowest BCUT2D eigenvalue weighted by Gasteiger charge is -2.02. The molecule has 0 atom stereocenters. The number of primary amides is 2. The summed E-state index contributed by atoms with van der Waals surface area (Å²) in [6.45, 7) is 1.40. The summed E-state index contributed by atoms with van der Waals surface area (Å²) in [4.78, 5) is 40.9. The number of nitrogens with zero attached hydrogens (tertiary/aromatic N) is 4. The number of amides is 2. The van der Waals surface area contributed by atoms with Crippen LogP contribution < -0.4 is 11.5 Å². The van der Waals surface area contributed by atoms with Gasteiger partial charge in [-0.3, -0.25) is 28.5 Å². The summed E-state index contributed by atoms with van der Waals surface area (Å²) < 4.78 is 3.64. The van der Waals surface area contributed by atoms with Crippen molar-refractivity contribution >= 4 is 23.8 Å². The van der Waals surface area contributed by atoms with Gasteiger partial charge in [0.05, 0.1) is 25.9 Å². The third-order valence-corrected chi connectivity index (χ3v) is 4.84. The van der Waals surface area contributed by atoms with E-state index in [4.69, 9.17) is 21.7 Å². The number of carboxylic acid groups (broad SMARTS) is 2. The Hall–Kier alpha value is -5.26. The van der Waals surface area contributed by atoms with Crippen LogP contribution in [-0.4, -0.2) is 53.5 Å². The number of hydrogen-bond donors (Lipinski definition) is 4. The number of aromatic nitrogens is 4. The summed E-state index contributed by atoms with van der Waals surface area (Å²) in [5.41, 5.74) is 13.5. The van der Waals surface area contributed by atoms with E-state index < -0.39 is 23.8 Å². The lowest BCUT2D eigenvalue weighted by molar-refractivity contribution is -0.143. The smallest absolute Gasteiger partial charge is 0.303 e. The second kappa shape index (κ2) is 15.0. The van der Waals surface area contributed by atoms with Crippen molar-refractivity contribution < 1.29 is 29.4 Å². The Morgan fingerprint density at radius 1 is 0.632 bits per heavy atom. The number of carbonyl (C=O) groups is 4. The van der Waals surface area contributed by atoms with E-state index in [9.17, 15) is 19.2 Å². The Morgan fingerprint density at radius 3 is 1.21 bits per heavy atom. The van der Waals surface area contributed by atoms with E-state index >= 15 is 0 Å². The number of carboxylic acids is 2. The molecule has 0 fully saturated rings. The predicted molar refractivity (Wildman–Crippen MR) is 137 cm³/mol. The van der Waals surface area contributed by atoms with Crippen LogP contribution in [0.5, 0.6) is 0 Å². The second-order valence-electron chi connectivity index (χ2n) is 7.82. The van der Waals surface area contributed by atoms with Gasteiger partial charge in [-0.25, -0.2) is 0 Å². The molecule has 0 aliphatic heterocycles. The van der Waals surface area contributed by atoms with Gasteiger partial charge in [0.1, 0.15) is 0 Å². The van der Waals surface area contributed by atoms with Crippen molar-refractivity contribution in [3.8, 4) is 0 Å². The largest absolute Gasteiger partial charge is 0.481 e. The third kappa shape index (κ3) is 11.0. The molecule has 0 bridgehead atoms. The number of rotatable bonds is 9. The zero-order chi connectivity index (χ0) is 27.9. The molecule has 0 aliphatic rings. The monoisotopic (exact) mass is 520 g/mol. The summed E-state index contributed by atoms with van der Waals surface area (Å²) in [7, 11) is 0. The van der Waals surface area contributed by atoms with Crippen molar-refractivity contribution in [2.24, 2.45) is 11.5 Å². The van der Waals surface area contributed by atoms with Crippen molar-refractivity contribution in [1.82, 2.24) is 19.6 Å². The number of carbonyl (C=O) groups excluding carboxylic acids is 2. The van der Waals surface area contributed by atoms with Gasteiger partial charge in [0, 0.05) is 35.9 Å². The van der Waals surface area contributed by atoms with E-state index in [0.29, 0.717) is 24.2 Å². The van der Waals surface area contributed by atoms with Gasteiger partial charge in [-0.15, -0.1) is 0 Å². The number of benzene rings is 2. The molecule has 0 radical (unpaired) electrons. The SMILES string of the molecule is NC(=O)c1ccc(Cn2cccn2)cc1.NC(=O)c1ccc(Cn2cccn2)cc1.O=C(O)CCC(=O)O. The minimum absolute atomic E-state index is 0.296. The summed E-state index contributed by atoms with van der Waals surface area (Å²) in [6.07, 6.45) is 6.66. The molecule has 12 heteroatoms. The first-order valence-electron chi connectivity index (χ1n) is 11.3. The molecule has 2 aromatic heterocycles. The first-order chi connectivity index (χ1) is 18.1. The normalized spacial score (nSPS) is 9.79. The maximum absolute atomic E-state index is 10.8. The third-order valence-electron chi connectivity index (χ3n) is 4.84. The van der Waals surface area contributed by atoms with E-state index in [-0.39, 0.29) is 12.8 Å². The molecule has 2 aromatic carbocycles. The molecule has 4 rings (SSSR count). The lowest BCUT2D eigenvalue weighted by atomic mass is 10.1. The van der Waals surface area contributed by atoms with Crippen molar-refractivity contribution in [3.63, 3.8) is 0 Å². The molecule has 0 unspecified atom stereocenters. The first kappa shape index (κ1) is 29.0. The average Bonchev–Trinajstić information content (AvgIpc) is 3.59. The molecular weight excluding hydrogens is 492 g/mol. The Labute approximate surface area is 218 Å². The topological polar surface area (TPSA) is 196 Å². The fourth-order valence-corrected chi connectivity index (χ4v) is 2.92. The summed E-state index contributed by atoms with van der Waals surface area (Å²) >= 11 is 0. The molecule has 38 heavy (non-hydrogen) atoms. The van der Waals surface area contributed by atoms with E-state index in [1.165, 1.54) is 0 Å². The molecular formula is C26H28N6O6. The summed E-state index contributed by atoms with van der Waals surface area (Å²) in [5, 5.41) is 24.0. The Kier molecular flexibility index (Phi) is 11.4. The Balaban J connectivity index is 0.000000211. The molecule has 0 aliphatic carbocycles. The fraction of sp³-hybridized carbons (Fsp3) is 0.154. The van der Waals surface area contributed by atoms with Gasteiger partial charge in [-0.05, 0) is 47.5 Å². The van der Waals surface area contributed by atoms with Crippen LogP contribution in [0.15, 0.2) is 85.5 Å². The van der Waals surface area contributed by atoms with Crippen molar-refractivity contribution in [2.45, 2.75) is 25.9 Å². The zero-order valence-electron chi connectivity index (χ0n) is 20.4.